The first kappa shape index (κ1) is 12.2. The molecule has 0 spiro atoms. The monoisotopic (exact) mass is 254 g/mol. The molecule has 1 aliphatic rings. The zero-order chi connectivity index (χ0) is 13.1. The molecule has 0 radical (unpaired) electrons. The lowest BCUT2D eigenvalue weighted by molar-refractivity contribution is 0.0591. The third-order valence-corrected chi connectivity index (χ3v) is 3.53. The summed E-state index contributed by atoms with van der Waals surface area (Å²) in [6.07, 6.45) is 5.15. The van der Waals surface area contributed by atoms with Crippen molar-refractivity contribution in [3.05, 3.63) is 60.4 Å². The van der Waals surface area contributed by atoms with E-state index < -0.39 is 0 Å². The van der Waals surface area contributed by atoms with Crippen molar-refractivity contribution in [2.75, 3.05) is 6.61 Å². The summed E-state index contributed by atoms with van der Waals surface area (Å²) in [5.74, 6) is 2.03. The van der Waals surface area contributed by atoms with E-state index in [0.29, 0.717) is 6.61 Å². The van der Waals surface area contributed by atoms with Gasteiger partial charge in [-0.15, -0.1) is 6.58 Å². The maximum atomic E-state index is 6.00. The highest BCUT2D eigenvalue weighted by atomic mass is 16.5. The van der Waals surface area contributed by atoms with Gasteiger partial charge in [0, 0.05) is 17.5 Å². The van der Waals surface area contributed by atoms with Gasteiger partial charge < -0.3 is 9.15 Å². The summed E-state index contributed by atoms with van der Waals surface area (Å²) >= 11 is 0. The SMILES string of the molecule is C=CCO[C@@H]1CCCc2oc(-c3ccccc3)cc21. The zero-order valence-electron chi connectivity index (χ0n) is 11.0. The van der Waals surface area contributed by atoms with Crippen LogP contribution in [0.4, 0.5) is 0 Å². The molecule has 0 aliphatic heterocycles. The van der Waals surface area contributed by atoms with Gasteiger partial charge >= 0.3 is 0 Å². The molecule has 19 heavy (non-hydrogen) atoms. The van der Waals surface area contributed by atoms with Crippen LogP contribution in [0.25, 0.3) is 11.3 Å². The van der Waals surface area contributed by atoms with Gasteiger partial charge in [0.05, 0.1) is 12.7 Å². The molecule has 1 aromatic carbocycles. The molecule has 2 aromatic rings. The van der Waals surface area contributed by atoms with Crippen LogP contribution in [0.3, 0.4) is 0 Å². The smallest absolute Gasteiger partial charge is 0.134 e. The molecule has 0 fully saturated rings. The Morgan fingerprint density at radius 3 is 2.95 bits per heavy atom. The van der Waals surface area contributed by atoms with Crippen LogP contribution >= 0.6 is 0 Å². The number of fused-ring (bicyclic) bond motifs is 1. The average molecular weight is 254 g/mol. The van der Waals surface area contributed by atoms with E-state index in [1.54, 1.807) is 6.08 Å². The highest BCUT2D eigenvalue weighted by molar-refractivity contribution is 5.59. The molecule has 0 saturated heterocycles. The van der Waals surface area contributed by atoms with Gasteiger partial charge in [0.2, 0.25) is 0 Å². The minimum absolute atomic E-state index is 0.156. The summed E-state index contributed by atoms with van der Waals surface area (Å²) in [7, 11) is 0. The van der Waals surface area contributed by atoms with Gasteiger partial charge in [0.15, 0.2) is 0 Å². The van der Waals surface area contributed by atoms with Crippen molar-refractivity contribution in [2.45, 2.75) is 25.4 Å². The highest BCUT2D eigenvalue weighted by Crippen LogP contribution is 2.37. The Kier molecular flexibility index (Phi) is 3.51. The van der Waals surface area contributed by atoms with E-state index in [-0.39, 0.29) is 6.10 Å². The maximum Gasteiger partial charge on any atom is 0.134 e. The predicted molar refractivity (Wildman–Crippen MR) is 76.0 cm³/mol. The Hall–Kier alpha value is -1.80. The average Bonchev–Trinajstić information content (AvgIpc) is 2.90. The Morgan fingerprint density at radius 1 is 1.32 bits per heavy atom. The van der Waals surface area contributed by atoms with Gasteiger partial charge in [-0.3, -0.25) is 0 Å². The van der Waals surface area contributed by atoms with Crippen LogP contribution in [-0.2, 0) is 11.2 Å². The van der Waals surface area contributed by atoms with E-state index in [9.17, 15) is 0 Å². The van der Waals surface area contributed by atoms with E-state index in [0.717, 1.165) is 36.3 Å². The fourth-order valence-electron chi connectivity index (χ4n) is 2.62. The van der Waals surface area contributed by atoms with Gasteiger partial charge in [-0.2, -0.15) is 0 Å². The van der Waals surface area contributed by atoms with Crippen LogP contribution in [0.15, 0.2) is 53.5 Å². The van der Waals surface area contributed by atoms with Crippen LogP contribution in [0.2, 0.25) is 0 Å². The third-order valence-electron chi connectivity index (χ3n) is 3.53. The molecular weight excluding hydrogens is 236 g/mol. The van der Waals surface area contributed by atoms with Gasteiger partial charge in [0.1, 0.15) is 11.5 Å². The van der Waals surface area contributed by atoms with E-state index in [4.69, 9.17) is 9.15 Å². The maximum absolute atomic E-state index is 6.00. The lowest BCUT2D eigenvalue weighted by atomic mass is 9.95. The van der Waals surface area contributed by atoms with Crippen molar-refractivity contribution in [1.29, 1.82) is 0 Å². The summed E-state index contributed by atoms with van der Waals surface area (Å²) in [5, 5.41) is 0. The van der Waals surface area contributed by atoms with Gasteiger partial charge in [-0.25, -0.2) is 0 Å². The third kappa shape index (κ3) is 2.49. The first-order valence-corrected chi connectivity index (χ1v) is 6.79. The Balaban J connectivity index is 1.91. The van der Waals surface area contributed by atoms with Crippen molar-refractivity contribution >= 4 is 0 Å². The van der Waals surface area contributed by atoms with Crippen LogP contribution in [0, 0.1) is 0 Å². The number of ether oxygens (including phenoxy) is 1. The van der Waals surface area contributed by atoms with E-state index in [1.807, 2.05) is 18.2 Å². The number of furan rings is 1. The molecule has 1 heterocycles. The van der Waals surface area contributed by atoms with Crippen LogP contribution in [0.5, 0.6) is 0 Å². The summed E-state index contributed by atoms with van der Waals surface area (Å²) < 4.78 is 11.8. The van der Waals surface area contributed by atoms with Crippen molar-refractivity contribution in [1.82, 2.24) is 0 Å². The van der Waals surface area contributed by atoms with Gasteiger partial charge in [-0.05, 0) is 18.9 Å². The van der Waals surface area contributed by atoms with Crippen molar-refractivity contribution in [3.8, 4) is 11.3 Å². The molecule has 1 aromatic heterocycles. The van der Waals surface area contributed by atoms with E-state index in [1.165, 1.54) is 5.56 Å². The molecule has 0 saturated carbocycles. The number of benzene rings is 1. The Bertz CT molecular complexity index is 554. The first-order valence-electron chi connectivity index (χ1n) is 6.79. The number of hydrogen-bond acceptors (Lipinski definition) is 2. The summed E-state index contributed by atoms with van der Waals surface area (Å²) in [6.45, 7) is 4.30. The molecular formula is C17H18O2. The van der Waals surface area contributed by atoms with Crippen molar-refractivity contribution in [3.63, 3.8) is 0 Å². The molecule has 3 rings (SSSR count). The molecule has 2 nitrogen and oxygen atoms in total. The molecule has 2 heteroatoms. The Labute approximate surface area is 113 Å². The minimum Gasteiger partial charge on any atom is -0.461 e. The van der Waals surface area contributed by atoms with E-state index >= 15 is 0 Å². The number of rotatable bonds is 4. The second kappa shape index (κ2) is 5.45. The predicted octanol–water partition coefficient (Wildman–Crippen LogP) is 4.53. The van der Waals surface area contributed by atoms with Gasteiger partial charge in [0.25, 0.3) is 0 Å². The van der Waals surface area contributed by atoms with Crippen LogP contribution in [-0.4, -0.2) is 6.61 Å². The second-order valence-corrected chi connectivity index (χ2v) is 4.86. The first-order chi connectivity index (χ1) is 9.38. The van der Waals surface area contributed by atoms with E-state index in [2.05, 4.69) is 24.8 Å². The summed E-state index contributed by atoms with van der Waals surface area (Å²) in [4.78, 5) is 0. The van der Waals surface area contributed by atoms with Crippen LogP contribution < -0.4 is 0 Å². The highest BCUT2D eigenvalue weighted by Gasteiger charge is 2.25. The topological polar surface area (TPSA) is 22.4 Å². The summed E-state index contributed by atoms with van der Waals surface area (Å²) in [6, 6.07) is 12.4. The summed E-state index contributed by atoms with van der Waals surface area (Å²) in [5.41, 5.74) is 2.34. The van der Waals surface area contributed by atoms with Crippen LogP contribution in [0.1, 0.15) is 30.3 Å². The lowest BCUT2D eigenvalue weighted by Gasteiger charge is -2.20. The normalized spacial score (nSPS) is 18.0. The Morgan fingerprint density at radius 2 is 2.16 bits per heavy atom. The molecule has 0 bridgehead atoms. The number of aryl methyl sites for hydroxylation is 1. The van der Waals surface area contributed by atoms with Crippen molar-refractivity contribution < 1.29 is 9.15 Å². The molecule has 0 N–H and O–H groups in total. The number of hydrogen-bond donors (Lipinski definition) is 0. The van der Waals surface area contributed by atoms with Gasteiger partial charge in [-0.1, -0.05) is 36.4 Å². The van der Waals surface area contributed by atoms with Crippen molar-refractivity contribution in [2.24, 2.45) is 0 Å². The second-order valence-electron chi connectivity index (χ2n) is 4.86. The molecule has 0 amide bonds. The standard InChI is InChI=1S/C17H18O2/c1-2-11-18-15-9-6-10-16-14(15)12-17(19-16)13-7-4-3-5-8-13/h2-5,7-8,12,15H,1,6,9-11H2/t15-/m1/s1. The quantitative estimate of drug-likeness (QED) is 0.748. The largest absolute Gasteiger partial charge is 0.461 e. The molecule has 0 unspecified atom stereocenters. The fourth-order valence-corrected chi connectivity index (χ4v) is 2.62. The molecule has 1 aliphatic carbocycles. The molecule has 1 atom stereocenters. The molecule has 98 valence electrons. The zero-order valence-corrected chi connectivity index (χ0v) is 11.0. The minimum atomic E-state index is 0.156. The fraction of sp³-hybridized carbons (Fsp3) is 0.294. The lowest BCUT2D eigenvalue weighted by Crippen LogP contribution is -2.10.